The molecule has 2 aliphatic heterocycles. The van der Waals surface area contributed by atoms with Crippen molar-refractivity contribution in [2.24, 2.45) is 5.92 Å². The first-order valence-electron chi connectivity index (χ1n) is 7.97. The zero-order valence-corrected chi connectivity index (χ0v) is 13.5. The van der Waals surface area contributed by atoms with Crippen LogP contribution in [0.4, 0.5) is 0 Å². The average molecular weight is 370 g/mol. The van der Waals surface area contributed by atoms with Crippen LogP contribution in [0.5, 0.6) is 0 Å². The summed E-state index contributed by atoms with van der Waals surface area (Å²) in [5, 5.41) is 76.8. The molecule has 2 fully saturated rings. The number of aliphatic hydroxyl groups excluding tert-OH is 7. The Hall–Kier alpha value is -0.440. The van der Waals surface area contributed by atoms with Crippen molar-refractivity contribution in [3.63, 3.8) is 0 Å². The molecule has 9 atom stereocenters. The Balaban J connectivity index is 1.91. The van der Waals surface area contributed by atoms with Crippen molar-refractivity contribution in [2.45, 2.75) is 48.5 Å². The highest BCUT2D eigenvalue weighted by atomic mass is 16.7. The molecule has 0 aromatic rings. The van der Waals surface area contributed by atoms with Crippen LogP contribution < -0.4 is 0 Å². The van der Waals surface area contributed by atoms with E-state index in [1.165, 1.54) is 0 Å². The predicted octanol–water partition coefficient (Wildman–Crippen LogP) is -5.11. The van der Waals surface area contributed by atoms with Gasteiger partial charge in [-0.3, -0.25) is 0 Å². The highest BCUT2D eigenvalue weighted by molar-refractivity contribution is 4.95. The van der Waals surface area contributed by atoms with Crippen molar-refractivity contribution in [1.82, 2.24) is 0 Å². The molecule has 0 aromatic carbocycles. The van der Waals surface area contributed by atoms with E-state index >= 15 is 0 Å². The van der Waals surface area contributed by atoms with Crippen molar-refractivity contribution in [2.75, 3.05) is 33.0 Å². The molecule has 9 unspecified atom stereocenters. The summed E-state index contributed by atoms with van der Waals surface area (Å²) in [6.45, 7) is -2.40. The van der Waals surface area contributed by atoms with E-state index in [1.807, 2.05) is 0 Å². The molecular weight excluding hydrogens is 344 g/mol. The normalized spacial score (nSPS) is 48.0. The zero-order valence-electron chi connectivity index (χ0n) is 13.5. The standard InChI is InChI=1S/C14H26O11/c15-1-7-6(13(21)14(22,5-17)25-7)3-23-4-9-11(19)12(20)10(18)8(2-16)24-9/h6-13,15-22H,1-5H2. The smallest absolute Gasteiger partial charge is 0.216 e. The van der Waals surface area contributed by atoms with Gasteiger partial charge >= 0.3 is 0 Å². The first-order chi connectivity index (χ1) is 11.8. The fraction of sp³-hybridized carbons (Fsp3) is 1.00. The van der Waals surface area contributed by atoms with Gasteiger partial charge in [-0.05, 0) is 0 Å². The Kier molecular flexibility index (Phi) is 7.09. The number of hydrogen-bond donors (Lipinski definition) is 8. The van der Waals surface area contributed by atoms with E-state index in [2.05, 4.69) is 0 Å². The maximum atomic E-state index is 10.0. The molecule has 25 heavy (non-hydrogen) atoms. The summed E-state index contributed by atoms with van der Waals surface area (Å²) in [4.78, 5) is 0. The molecule has 2 aliphatic rings. The van der Waals surface area contributed by atoms with E-state index < -0.39 is 74.3 Å². The Labute approximate surface area is 143 Å². The molecule has 11 heteroatoms. The van der Waals surface area contributed by atoms with E-state index in [4.69, 9.17) is 24.4 Å². The van der Waals surface area contributed by atoms with Crippen molar-refractivity contribution >= 4 is 0 Å². The second kappa shape index (κ2) is 8.50. The number of aliphatic hydroxyl groups is 8. The van der Waals surface area contributed by atoms with Gasteiger partial charge in [-0.25, -0.2) is 0 Å². The van der Waals surface area contributed by atoms with Crippen LogP contribution in [-0.2, 0) is 14.2 Å². The summed E-state index contributed by atoms with van der Waals surface area (Å²) in [6.07, 6.45) is -9.03. The second-order valence-corrected chi connectivity index (χ2v) is 6.36. The number of hydrogen-bond acceptors (Lipinski definition) is 11. The third kappa shape index (κ3) is 4.12. The molecule has 2 heterocycles. The second-order valence-electron chi connectivity index (χ2n) is 6.36. The summed E-state index contributed by atoms with van der Waals surface area (Å²) < 4.78 is 15.7. The molecule has 0 bridgehead atoms. The number of ether oxygens (including phenoxy) is 3. The Bertz CT molecular complexity index is 422. The predicted molar refractivity (Wildman–Crippen MR) is 78.1 cm³/mol. The fourth-order valence-corrected chi connectivity index (χ4v) is 3.10. The lowest BCUT2D eigenvalue weighted by atomic mass is 9.95. The van der Waals surface area contributed by atoms with Gasteiger partial charge in [0.15, 0.2) is 0 Å². The van der Waals surface area contributed by atoms with E-state index in [-0.39, 0.29) is 13.2 Å². The van der Waals surface area contributed by atoms with Crippen LogP contribution in [0.15, 0.2) is 0 Å². The lowest BCUT2D eigenvalue weighted by Crippen LogP contribution is -2.59. The minimum atomic E-state index is -2.20. The van der Waals surface area contributed by atoms with Gasteiger partial charge in [0.2, 0.25) is 5.79 Å². The largest absolute Gasteiger partial charge is 0.394 e. The average Bonchev–Trinajstić information content (AvgIpc) is 2.86. The van der Waals surface area contributed by atoms with Gasteiger partial charge in [0.05, 0.1) is 39.1 Å². The van der Waals surface area contributed by atoms with Crippen molar-refractivity contribution in [3.05, 3.63) is 0 Å². The molecular formula is C14H26O11. The van der Waals surface area contributed by atoms with Crippen LogP contribution in [0, 0.1) is 5.92 Å². The summed E-state index contributed by atoms with van der Waals surface area (Å²) in [5.41, 5.74) is 0. The Morgan fingerprint density at radius 2 is 1.40 bits per heavy atom. The highest BCUT2D eigenvalue weighted by Gasteiger charge is 2.53. The molecule has 0 aromatic heterocycles. The van der Waals surface area contributed by atoms with E-state index in [1.54, 1.807) is 0 Å². The first kappa shape index (κ1) is 20.9. The lowest BCUT2D eigenvalue weighted by molar-refractivity contribution is -0.248. The van der Waals surface area contributed by atoms with E-state index in [0.717, 1.165) is 0 Å². The first-order valence-corrected chi connectivity index (χ1v) is 7.97. The maximum Gasteiger partial charge on any atom is 0.216 e. The maximum absolute atomic E-state index is 10.0. The molecule has 0 spiro atoms. The van der Waals surface area contributed by atoms with Crippen LogP contribution in [0.3, 0.4) is 0 Å². The molecule has 0 aliphatic carbocycles. The van der Waals surface area contributed by atoms with Gasteiger partial charge < -0.3 is 55.1 Å². The molecule has 11 nitrogen and oxygen atoms in total. The van der Waals surface area contributed by atoms with Gasteiger partial charge in [-0.1, -0.05) is 0 Å². The molecule has 0 radical (unpaired) electrons. The van der Waals surface area contributed by atoms with Crippen LogP contribution in [0.2, 0.25) is 0 Å². The third-order valence-corrected chi connectivity index (χ3v) is 4.69. The van der Waals surface area contributed by atoms with Crippen LogP contribution >= 0.6 is 0 Å². The van der Waals surface area contributed by atoms with Gasteiger partial charge in [-0.15, -0.1) is 0 Å². The van der Waals surface area contributed by atoms with Crippen molar-refractivity contribution in [1.29, 1.82) is 0 Å². The van der Waals surface area contributed by atoms with Crippen LogP contribution in [0.25, 0.3) is 0 Å². The lowest BCUT2D eigenvalue weighted by Gasteiger charge is -2.40. The van der Waals surface area contributed by atoms with Crippen molar-refractivity contribution < 1.29 is 55.1 Å². The van der Waals surface area contributed by atoms with Gasteiger partial charge in [-0.2, -0.15) is 0 Å². The molecule has 0 amide bonds. The van der Waals surface area contributed by atoms with E-state index in [0.29, 0.717) is 0 Å². The monoisotopic (exact) mass is 370 g/mol. The Morgan fingerprint density at radius 3 is 1.96 bits per heavy atom. The quantitative estimate of drug-likeness (QED) is 0.214. The minimum absolute atomic E-state index is 0.205. The van der Waals surface area contributed by atoms with Crippen LogP contribution in [-0.4, -0.2) is 122 Å². The van der Waals surface area contributed by atoms with E-state index in [9.17, 15) is 30.6 Å². The molecule has 8 N–H and O–H groups in total. The molecule has 0 saturated carbocycles. The summed E-state index contributed by atoms with van der Waals surface area (Å²) in [7, 11) is 0. The molecule has 2 rings (SSSR count). The SMILES string of the molecule is OCC1OC(COCC2C(CO)OC(O)(CO)C2O)C(O)C(O)C1O. The number of rotatable bonds is 7. The van der Waals surface area contributed by atoms with Gasteiger partial charge in [0.1, 0.15) is 36.6 Å². The zero-order chi connectivity index (χ0) is 18.8. The highest BCUT2D eigenvalue weighted by Crippen LogP contribution is 2.34. The van der Waals surface area contributed by atoms with Crippen molar-refractivity contribution in [3.8, 4) is 0 Å². The third-order valence-electron chi connectivity index (χ3n) is 4.69. The summed E-state index contributed by atoms with van der Waals surface area (Å²) in [6, 6.07) is 0. The Morgan fingerprint density at radius 1 is 0.800 bits per heavy atom. The van der Waals surface area contributed by atoms with Gasteiger partial charge in [0, 0.05) is 5.92 Å². The molecule has 2 saturated heterocycles. The summed E-state index contributed by atoms with van der Waals surface area (Å²) >= 11 is 0. The molecule has 148 valence electrons. The van der Waals surface area contributed by atoms with Crippen LogP contribution in [0.1, 0.15) is 0 Å². The summed E-state index contributed by atoms with van der Waals surface area (Å²) in [5.74, 6) is -3.06. The van der Waals surface area contributed by atoms with Gasteiger partial charge in [0.25, 0.3) is 0 Å². The minimum Gasteiger partial charge on any atom is -0.394 e. The fourth-order valence-electron chi connectivity index (χ4n) is 3.10. The topological polar surface area (TPSA) is 190 Å².